The minimum absolute atomic E-state index is 0.136. The van der Waals surface area contributed by atoms with Crippen LogP contribution in [0.1, 0.15) is 20.8 Å². The van der Waals surface area contributed by atoms with E-state index in [1.165, 1.54) is 18.2 Å². The molecule has 0 aliphatic heterocycles. The predicted octanol–water partition coefficient (Wildman–Crippen LogP) is 3.12. The fourth-order valence-electron chi connectivity index (χ4n) is 1.29. The molecule has 18 heavy (non-hydrogen) atoms. The Bertz CT molecular complexity index is 423. The highest BCUT2D eigenvalue weighted by Gasteiger charge is 2.15. The number of carbonyl (C=O) groups is 1. The molecule has 5 heteroatoms. The molecule has 1 atom stereocenters. The van der Waals surface area contributed by atoms with Gasteiger partial charge in [0.25, 0.3) is 0 Å². The van der Waals surface area contributed by atoms with Crippen LogP contribution in [0.2, 0.25) is 0 Å². The summed E-state index contributed by atoms with van der Waals surface area (Å²) in [5, 5.41) is 2.35. The first-order chi connectivity index (χ1) is 8.40. The van der Waals surface area contributed by atoms with Crippen LogP contribution in [0.25, 0.3) is 0 Å². The summed E-state index contributed by atoms with van der Waals surface area (Å²) in [4.78, 5) is 11.8. The lowest BCUT2D eigenvalue weighted by Gasteiger charge is -2.13. The Morgan fingerprint density at radius 3 is 2.72 bits per heavy atom. The van der Waals surface area contributed by atoms with Crippen molar-refractivity contribution in [3.8, 4) is 0 Å². The highest BCUT2D eigenvalue weighted by Crippen LogP contribution is 2.20. The van der Waals surface area contributed by atoms with Crippen molar-refractivity contribution in [3.63, 3.8) is 0 Å². The molecule has 0 saturated heterocycles. The normalized spacial score (nSPS) is 12.5. The van der Waals surface area contributed by atoms with Crippen molar-refractivity contribution in [1.82, 2.24) is 0 Å². The van der Waals surface area contributed by atoms with Crippen LogP contribution in [0.5, 0.6) is 0 Å². The Hall–Kier alpha value is -1.23. The van der Waals surface area contributed by atoms with Crippen molar-refractivity contribution in [2.24, 2.45) is 5.92 Å². The summed E-state index contributed by atoms with van der Waals surface area (Å²) in [7, 11) is 0. The van der Waals surface area contributed by atoms with Crippen molar-refractivity contribution < 1.29 is 9.18 Å². The summed E-state index contributed by atoms with van der Waals surface area (Å²) in [5.74, 6) is 0.742. The Balaban J connectivity index is 2.61. The molecule has 0 aliphatic rings. The van der Waals surface area contributed by atoms with Gasteiger partial charge in [0.15, 0.2) is 0 Å². The molecule has 3 nitrogen and oxygen atoms in total. The topological polar surface area (TPSA) is 55.1 Å². The zero-order chi connectivity index (χ0) is 13.7. The predicted molar refractivity (Wildman–Crippen MR) is 76.2 cm³/mol. The molecule has 0 saturated carbocycles. The van der Waals surface area contributed by atoms with Crippen molar-refractivity contribution in [3.05, 3.63) is 24.0 Å². The van der Waals surface area contributed by atoms with Crippen LogP contribution in [-0.2, 0) is 4.79 Å². The van der Waals surface area contributed by atoms with Gasteiger partial charge in [-0.3, -0.25) is 4.79 Å². The van der Waals surface area contributed by atoms with E-state index >= 15 is 0 Å². The average Bonchev–Trinajstić information content (AvgIpc) is 2.30. The van der Waals surface area contributed by atoms with Crippen molar-refractivity contribution in [1.29, 1.82) is 0 Å². The molecule has 1 aromatic carbocycles. The summed E-state index contributed by atoms with van der Waals surface area (Å²) >= 11 is 1.56. The number of amides is 1. The van der Waals surface area contributed by atoms with E-state index in [0.717, 1.165) is 5.75 Å². The van der Waals surface area contributed by atoms with Gasteiger partial charge in [-0.1, -0.05) is 13.8 Å². The second-order valence-electron chi connectivity index (χ2n) is 4.60. The van der Waals surface area contributed by atoms with Crippen LogP contribution in [0, 0.1) is 11.7 Å². The van der Waals surface area contributed by atoms with Gasteiger partial charge in [0.05, 0.1) is 10.9 Å². The number of hydrogen-bond donors (Lipinski definition) is 2. The SMILES string of the molecule is CC(C)CSC(C)C(=O)Nc1cc(N)ccc1F. The maximum atomic E-state index is 13.4. The maximum absolute atomic E-state index is 13.4. The zero-order valence-electron chi connectivity index (χ0n) is 10.9. The first kappa shape index (κ1) is 14.8. The number of rotatable bonds is 5. The molecule has 1 aromatic rings. The largest absolute Gasteiger partial charge is 0.399 e. The van der Waals surface area contributed by atoms with Crippen LogP contribution in [0.3, 0.4) is 0 Å². The molecule has 0 bridgehead atoms. The summed E-state index contributed by atoms with van der Waals surface area (Å²) in [6, 6.07) is 4.13. The number of nitrogens with one attached hydrogen (secondary N) is 1. The maximum Gasteiger partial charge on any atom is 0.237 e. The number of anilines is 2. The van der Waals surface area contributed by atoms with E-state index in [0.29, 0.717) is 11.6 Å². The standard InChI is InChI=1S/C13H19FN2OS/c1-8(2)7-18-9(3)13(17)16-12-6-10(15)4-5-11(12)14/h4-6,8-9H,7,15H2,1-3H3,(H,16,17). The molecule has 1 rings (SSSR count). The number of carbonyl (C=O) groups excluding carboxylic acids is 1. The number of benzene rings is 1. The van der Waals surface area contributed by atoms with Crippen molar-refractivity contribution >= 4 is 29.0 Å². The molecule has 0 radical (unpaired) electrons. The van der Waals surface area contributed by atoms with Gasteiger partial charge in [-0.15, -0.1) is 11.8 Å². The Morgan fingerprint density at radius 2 is 2.11 bits per heavy atom. The van der Waals surface area contributed by atoms with E-state index in [4.69, 9.17) is 5.73 Å². The summed E-state index contributed by atoms with van der Waals surface area (Å²) in [5.41, 5.74) is 6.12. The summed E-state index contributed by atoms with van der Waals surface area (Å²) in [6.45, 7) is 6.00. The van der Waals surface area contributed by atoms with E-state index in [1.807, 2.05) is 6.92 Å². The second kappa shape index (κ2) is 6.64. The van der Waals surface area contributed by atoms with Crippen LogP contribution < -0.4 is 11.1 Å². The highest BCUT2D eigenvalue weighted by molar-refractivity contribution is 8.00. The van der Waals surface area contributed by atoms with Crippen LogP contribution in [-0.4, -0.2) is 16.9 Å². The quantitative estimate of drug-likeness (QED) is 0.808. The number of nitrogen functional groups attached to an aromatic ring is 1. The molecule has 3 N–H and O–H groups in total. The Morgan fingerprint density at radius 1 is 1.44 bits per heavy atom. The molecule has 0 heterocycles. The smallest absolute Gasteiger partial charge is 0.237 e. The third-order valence-corrected chi connectivity index (χ3v) is 3.87. The van der Waals surface area contributed by atoms with Crippen molar-refractivity contribution in [2.75, 3.05) is 16.8 Å². The number of thioether (sulfide) groups is 1. The third kappa shape index (κ3) is 4.56. The van der Waals surface area contributed by atoms with Crippen molar-refractivity contribution in [2.45, 2.75) is 26.0 Å². The number of hydrogen-bond acceptors (Lipinski definition) is 3. The summed E-state index contributed by atoms with van der Waals surface area (Å²) in [6.07, 6.45) is 0. The lowest BCUT2D eigenvalue weighted by atomic mass is 10.2. The van der Waals surface area contributed by atoms with Gasteiger partial charge in [0.2, 0.25) is 5.91 Å². The van der Waals surface area contributed by atoms with E-state index in [-0.39, 0.29) is 16.8 Å². The van der Waals surface area contributed by atoms with E-state index in [2.05, 4.69) is 19.2 Å². The molecular weight excluding hydrogens is 251 g/mol. The van der Waals surface area contributed by atoms with Gasteiger partial charge < -0.3 is 11.1 Å². The highest BCUT2D eigenvalue weighted by atomic mass is 32.2. The molecule has 1 unspecified atom stereocenters. The van der Waals surface area contributed by atoms with E-state index < -0.39 is 5.82 Å². The van der Waals surface area contributed by atoms with Crippen LogP contribution in [0.15, 0.2) is 18.2 Å². The summed E-state index contributed by atoms with van der Waals surface area (Å²) < 4.78 is 13.4. The van der Waals surface area contributed by atoms with E-state index in [9.17, 15) is 9.18 Å². The lowest BCUT2D eigenvalue weighted by molar-refractivity contribution is -0.115. The molecule has 0 spiro atoms. The van der Waals surface area contributed by atoms with Crippen LogP contribution >= 0.6 is 11.8 Å². The van der Waals surface area contributed by atoms with E-state index in [1.54, 1.807) is 11.8 Å². The van der Waals surface area contributed by atoms with Gasteiger partial charge in [-0.05, 0) is 36.8 Å². The first-order valence-electron chi connectivity index (χ1n) is 5.87. The minimum Gasteiger partial charge on any atom is -0.399 e. The second-order valence-corrected chi connectivity index (χ2v) is 5.97. The number of halogens is 1. The molecule has 0 aliphatic carbocycles. The minimum atomic E-state index is -0.474. The molecule has 100 valence electrons. The zero-order valence-corrected chi connectivity index (χ0v) is 11.7. The van der Waals surface area contributed by atoms with Gasteiger partial charge in [0, 0.05) is 5.69 Å². The molecule has 0 aromatic heterocycles. The van der Waals surface area contributed by atoms with Gasteiger partial charge in [0.1, 0.15) is 5.82 Å². The molecule has 1 amide bonds. The number of nitrogens with two attached hydrogens (primary N) is 1. The third-order valence-electron chi connectivity index (χ3n) is 2.30. The Kier molecular flexibility index (Phi) is 5.47. The Labute approximate surface area is 111 Å². The van der Waals surface area contributed by atoms with Crippen LogP contribution in [0.4, 0.5) is 15.8 Å². The molecule has 0 fully saturated rings. The van der Waals surface area contributed by atoms with Gasteiger partial charge in [-0.25, -0.2) is 4.39 Å². The fraction of sp³-hybridized carbons (Fsp3) is 0.462. The van der Waals surface area contributed by atoms with Gasteiger partial charge in [-0.2, -0.15) is 0 Å². The average molecular weight is 270 g/mol. The van der Waals surface area contributed by atoms with Gasteiger partial charge >= 0.3 is 0 Å². The monoisotopic (exact) mass is 270 g/mol. The lowest BCUT2D eigenvalue weighted by Crippen LogP contribution is -2.23. The molecular formula is C13H19FN2OS. The first-order valence-corrected chi connectivity index (χ1v) is 6.92. The fourth-order valence-corrected chi connectivity index (χ4v) is 2.17.